The molecule has 0 bridgehead atoms. The molecule has 0 amide bonds. The molecule has 25 heavy (non-hydrogen) atoms. The molecular formula is C16H16N4O4S. The van der Waals surface area contributed by atoms with Crippen molar-refractivity contribution in [3.05, 3.63) is 50.3 Å². The molecule has 0 saturated carbocycles. The Bertz CT molecular complexity index is 919. The Kier molecular flexibility index (Phi) is 4.75. The Morgan fingerprint density at radius 2 is 2.12 bits per heavy atom. The van der Waals surface area contributed by atoms with E-state index >= 15 is 0 Å². The summed E-state index contributed by atoms with van der Waals surface area (Å²) in [5.41, 5.74) is 1.73. The molecule has 0 saturated heterocycles. The average molecular weight is 360 g/mol. The van der Waals surface area contributed by atoms with E-state index in [-0.39, 0.29) is 24.1 Å². The molecule has 8 nitrogen and oxygen atoms in total. The van der Waals surface area contributed by atoms with Gasteiger partial charge in [-0.3, -0.25) is 0 Å². The number of nitrogens with zero attached hydrogens (tertiary/aromatic N) is 4. The van der Waals surface area contributed by atoms with Crippen molar-refractivity contribution in [2.75, 3.05) is 0 Å². The Labute approximate surface area is 147 Å². The number of ether oxygens (including phenoxy) is 1. The van der Waals surface area contributed by atoms with Crippen molar-refractivity contribution in [1.29, 1.82) is 0 Å². The van der Waals surface area contributed by atoms with Gasteiger partial charge in [-0.25, -0.2) is 0 Å². The largest absolute Gasteiger partial charge is 0.476 e. The molecule has 0 fully saturated rings. The summed E-state index contributed by atoms with van der Waals surface area (Å²) in [5.74, 6) is 0.397. The quantitative estimate of drug-likeness (QED) is 0.485. The minimum atomic E-state index is -0.581. The lowest BCUT2D eigenvalue weighted by Crippen LogP contribution is -2.02. The molecule has 0 spiro atoms. The van der Waals surface area contributed by atoms with E-state index in [2.05, 4.69) is 22.1 Å². The topological polar surface area (TPSA) is 104 Å². The number of aryl methyl sites for hydroxylation is 3. The van der Waals surface area contributed by atoms with E-state index in [1.54, 1.807) is 24.3 Å². The monoisotopic (exact) mass is 360 g/mol. The fourth-order valence-corrected chi connectivity index (χ4v) is 3.34. The highest BCUT2D eigenvalue weighted by Gasteiger charge is 2.19. The molecule has 0 N–H and O–H groups in total. The van der Waals surface area contributed by atoms with E-state index in [1.807, 2.05) is 13.0 Å². The Balaban J connectivity index is 1.75. The molecule has 0 aliphatic carbocycles. The number of rotatable bonds is 6. The normalized spacial score (nSPS) is 10.8. The summed E-state index contributed by atoms with van der Waals surface area (Å²) >= 11 is 1.61. The molecule has 0 aliphatic rings. The highest BCUT2D eigenvalue weighted by molar-refractivity contribution is 7.15. The van der Waals surface area contributed by atoms with Crippen LogP contribution in [0.5, 0.6) is 5.75 Å². The summed E-state index contributed by atoms with van der Waals surface area (Å²) in [4.78, 5) is 16.5. The zero-order valence-electron chi connectivity index (χ0n) is 14.0. The first-order valence-corrected chi connectivity index (χ1v) is 8.46. The lowest BCUT2D eigenvalue weighted by molar-refractivity contribution is -0.390. The van der Waals surface area contributed by atoms with Crippen molar-refractivity contribution in [1.82, 2.24) is 15.2 Å². The SMILES string of the molecule is CCc1sc(-c2nnc(COc3ccc(C)nc3[N+](=O)[O-])o2)cc1C. The third-order valence-electron chi connectivity index (χ3n) is 3.52. The van der Waals surface area contributed by atoms with Crippen LogP contribution in [0, 0.1) is 24.0 Å². The van der Waals surface area contributed by atoms with Crippen LogP contribution in [0.25, 0.3) is 10.8 Å². The number of thiophene rings is 1. The molecule has 0 atom stereocenters. The van der Waals surface area contributed by atoms with Crippen molar-refractivity contribution in [3.63, 3.8) is 0 Å². The summed E-state index contributed by atoms with van der Waals surface area (Å²) in [6.07, 6.45) is 0.949. The van der Waals surface area contributed by atoms with E-state index in [0.29, 0.717) is 11.6 Å². The second-order valence-corrected chi connectivity index (χ2v) is 6.53. The van der Waals surface area contributed by atoms with Gasteiger partial charge in [0.05, 0.1) is 4.88 Å². The molecule has 3 aromatic heterocycles. The van der Waals surface area contributed by atoms with Gasteiger partial charge < -0.3 is 19.3 Å². The number of pyridine rings is 1. The number of hydrogen-bond acceptors (Lipinski definition) is 8. The number of aromatic nitrogens is 3. The smallest absolute Gasteiger partial charge is 0.406 e. The lowest BCUT2D eigenvalue weighted by Gasteiger charge is -2.03. The van der Waals surface area contributed by atoms with Crippen LogP contribution in [-0.4, -0.2) is 20.1 Å². The first-order valence-electron chi connectivity index (χ1n) is 7.64. The van der Waals surface area contributed by atoms with Gasteiger partial charge in [0.2, 0.25) is 5.75 Å². The maximum Gasteiger partial charge on any atom is 0.406 e. The highest BCUT2D eigenvalue weighted by atomic mass is 32.1. The van der Waals surface area contributed by atoms with Crippen molar-refractivity contribution >= 4 is 17.2 Å². The van der Waals surface area contributed by atoms with Gasteiger partial charge in [0.25, 0.3) is 11.8 Å². The molecule has 0 aliphatic heterocycles. The predicted octanol–water partition coefficient (Wildman–Crippen LogP) is 3.86. The lowest BCUT2D eigenvalue weighted by atomic mass is 10.2. The molecular weight excluding hydrogens is 344 g/mol. The van der Waals surface area contributed by atoms with Crippen LogP contribution in [0.15, 0.2) is 22.6 Å². The molecule has 0 radical (unpaired) electrons. The maximum absolute atomic E-state index is 11.1. The van der Waals surface area contributed by atoms with Crippen LogP contribution < -0.4 is 4.74 Å². The van der Waals surface area contributed by atoms with E-state index in [9.17, 15) is 10.1 Å². The molecule has 3 heterocycles. The van der Waals surface area contributed by atoms with Gasteiger partial charge in [-0.15, -0.1) is 21.5 Å². The van der Waals surface area contributed by atoms with E-state index < -0.39 is 4.92 Å². The molecule has 3 rings (SSSR count). The van der Waals surface area contributed by atoms with Crippen molar-refractivity contribution in [3.8, 4) is 16.5 Å². The molecule has 0 unspecified atom stereocenters. The minimum absolute atomic E-state index is 0.0654. The van der Waals surface area contributed by atoms with E-state index in [0.717, 1.165) is 11.3 Å². The summed E-state index contributed by atoms with van der Waals surface area (Å²) in [6, 6.07) is 5.16. The maximum atomic E-state index is 11.1. The second kappa shape index (κ2) is 6.98. The number of nitro groups is 1. The van der Waals surface area contributed by atoms with Crippen LogP contribution >= 0.6 is 11.3 Å². The highest BCUT2D eigenvalue weighted by Crippen LogP contribution is 2.31. The minimum Gasteiger partial charge on any atom is -0.476 e. The van der Waals surface area contributed by atoms with Gasteiger partial charge in [-0.1, -0.05) is 6.92 Å². The van der Waals surface area contributed by atoms with Crippen molar-refractivity contribution < 1.29 is 14.1 Å². The summed E-state index contributed by atoms with van der Waals surface area (Å²) in [6.45, 7) is 5.75. The first-order chi connectivity index (χ1) is 12.0. The van der Waals surface area contributed by atoms with Crippen LogP contribution in [0.2, 0.25) is 0 Å². The van der Waals surface area contributed by atoms with Crippen LogP contribution in [-0.2, 0) is 13.0 Å². The average Bonchev–Trinajstić information content (AvgIpc) is 3.19. The van der Waals surface area contributed by atoms with Gasteiger partial charge in [0.15, 0.2) is 6.61 Å². The van der Waals surface area contributed by atoms with Crippen LogP contribution in [0.1, 0.15) is 28.9 Å². The third-order valence-corrected chi connectivity index (χ3v) is 4.89. The fraction of sp³-hybridized carbons (Fsp3) is 0.312. The van der Waals surface area contributed by atoms with Gasteiger partial charge in [-0.05, 0) is 47.0 Å². The van der Waals surface area contributed by atoms with E-state index in [1.165, 1.54) is 16.5 Å². The molecule has 9 heteroatoms. The van der Waals surface area contributed by atoms with E-state index in [4.69, 9.17) is 9.15 Å². The Morgan fingerprint density at radius 1 is 1.32 bits per heavy atom. The Hall–Kier alpha value is -2.81. The fourth-order valence-electron chi connectivity index (χ4n) is 2.30. The van der Waals surface area contributed by atoms with Gasteiger partial charge in [0.1, 0.15) is 5.69 Å². The van der Waals surface area contributed by atoms with Gasteiger partial charge in [-0.2, -0.15) is 0 Å². The van der Waals surface area contributed by atoms with Crippen LogP contribution in [0.4, 0.5) is 5.82 Å². The van der Waals surface area contributed by atoms with Gasteiger partial charge >= 0.3 is 5.82 Å². The zero-order chi connectivity index (χ0) is 18.0. The summed E-state index contributed by atoms with van der Waals surface area (Å²) in [7, 11) is 0. The summed E-state index contributed by atoms with van der Waals surface area (Å²) < 4.78 is 11.0. The first kappa shape index (κ1) is 17.0. The third kappa shape index (κ3) is 3.66. The molecule has 3 aromatic rings. The zero-order valence-corrected chi connectivity index (χ0v) is 14.8. The number of hydrogen-bond donors (Lipinski definition) is 0. The molecule has 0 aromatic carbocycles. The van der Waals surface area contributed by atoms with Gasteiger partial charge in [0, 0.05) is 11.8 Å². The standard InChI is InChI=1S/C16H16N4O4S/c1-4-12-9(2)7-13(25-12)16-19-18-14(24-16)8-23-11-6-5-10(3)17-15(11)20(21)22/h5-7H,4,8H2,1-3H3. The van der Waals surface area contributed by atoms with Crippen LogP contribution in [0.3, 0.4) is 0 Å². The molecule has 130 valence electrons. The Morgan fingerprint density at radius 3 is 2.80 bits per heavy atom. The second-order valence-electron chi connectivity index (χ2n) is 5.39. The van der Waals surface area contributed by atoms with Crippen molar-refractivity contribution in [2.45, 2.75) is 33.8 Å². The predicted molar refractivity (Wildman–Crippen MR) is 91.7 cm³/mol. The van der Waals surface area contributed by atoms with Crippen molar-refractivity contribution in [2.24, 2.45) is 0 Å². The summed E-state index contributed by atoms with van der Waals surface area (Å²) in [5, 5.41) is 19.0.